The standard InChI is InChI=1S/C12H12O4S2/c1-6(2)16-10(13)8-5-17-12-7(8)4-9(18-12)11(14)15-3/h4-6H,1-3H3. The number of esters is 2. The van der Waals surface area contributed by atoms with E-state index in [1.807, 2.05) is 0 Å². The molecule has 0 bridgehead atoms. The predicted molar refractivity (Wildman–Crippen MR) is 71.6 cm³/mol. The van der Waals surface area contributed by atoms with Crippen LogP contribution in [0.5, 0.6) is 0 Å². The van der Waals surface area contributed by atoms with E-state index in [4.69, 9.17) is 4.74 Å². The summed E-state index contributed by atoms with van der Waals surface area (Å²) in [6.45, 7) is 3.60. The first-order valence-electron chi connectivity index (χ1n) is 5.33. The first-order chi connectivity index (χ1) is 8.52. The van der Waals surface area contributed by atoms with E-state index < -0.39 is 0 Å². The van der Waals surface area contributed by atoms with Gasteiger partial charge in [0.1, 0.15) is 4.88 Å². The highest BCUT2D eigenvalue weighted by atomic mass is 32.2. The van der Waals surface area contributed by atoms with Crippen molar-refractivity contribution in [1.82, 2.24) is 0 Å². The summed E-state index contributed by atoms with van der Waals surface area (Å²) < 4.78 is 10.7. The van der Waals surface area contributed by atoms with Crippen LogP contribution in [0.2, 0.25) is 0 Å². The summed E-state index contributed by atoms with van der Waals surface area (Å²) in [5.74, 6) is -0.739. The molecule has 0 aliphatic carbocycles. The van der Waals surface area contributed by atoms with E-state index in [0.29, 0.717) is 10.4 Å². The minimum atomic E-state index is -0.383. The summed E-state index contributed by atoms with van der Waals surface area (Å²) in [5.41, 5.74) is 0.509. The van der Waals surface area contributed by atoms with Crippen molar-refractivity contribution in [2.75, 3.05) is 7.11 Å². The fourth-order valence-electron chi connectivity index (χ4n) is 1.46. The van der Waals surface area contributed by atoms with Crippen molar-refractivity contribution in [2.24, 2.45) is 0 Å². The van der Waals surface area contributed by atoms with Crippen molar-refractivity contribution in [1.29, 1.82) is 0 Å². The normalized spacial score (nSPS) is 10.9. The molecule has 0 saturated carbocycles. The van der Waals surface area contributed by atoms with Gasteiger partial charge in [-0.1, -0.05) is 0 Å². The largest absolute Gasteiger partial charge is 0.465 e. The van der Waals surface area contributed by atoms with Gasteiger partial charge in [0.2, 0.25) is 0 Å². The van der Waals surface area contributed by atoms with E-state index in [9.17, 15) is 9.59 Å². The van der Waals surface area contributed by atoms with Crippen molar-refractivity contribution in [2.45, 2.75) is 20.0 Å². The highest BCUT2D eigenvalue weighted by Crippen LogP contribution is 2.34. The summed E-state index contributed by atoms with van der Waals surface area (Å²) in [6.07, 6.45) is -0.161. The van der Waals surface area contributed by atoms with Crippen molar-refractivity contribution in [3.63, 3.8) is 0 Å². The topological polar surface area (TPSA) is 52.6 Å². The maximum absolute atomic E-state index is 11.9. The second-order valence-corrected chi connectivity index (χ2v) is 6.10. The average Bonchev–Trinajstić information content (AvgIpc) is 2.85. The second-order valence-electron chi connectivity index (χ2n) is 3.91. The molecule has 96 valence electrons. The summed E-state index contributed by atoms with van der Waals surface area (Å²) in [4.78, 5) is 23.8. The van der Waals surface area contributed by atoms with Crippen LogP contribution in [0.1, 0.15) is 33.9 Å². The Morgan fingerprint density at radius 1 is 1.28 bits per heavy atom. The molecule has 0 aliphatic rings. The molecule has 2 heterocycles. The Morgan fingerprint density at radius 3 is 2.61 bits per heavy atom. The van der Waals surface area contributed by atoms with Crippen molar-refractivity contribution in [3.8, 4) is 0 Å². The molecule has 0 aliphatic heterocycles. The van der Waals surface area contributed by atoms with Crippen LogP contribution in [0.4, 0.5) is 0 Å². The third kappa shape index (κ3) is 2.39. The number of rotatable bonds is 3. The molecule has 0 amide bonds. The van der Waals surface area contributed by atoms with E-state index >= 15 is 0 Å². The van der Waals surface area contributed by atoms with Gasteiger partial charge in [0.25, 0.3) is 0 Å². The molecule has 2 aromatic heterocycles. The Kier molecular flexibility index (Phi) is 3.68. The van der Waals surface area contributed by atoms with Crippen molar-refractivity contribution >= 4 is 44.0 Å². The van der Waals surface area contributed by atoms with Crippen LogP contribution in [0.25, 0.3) is 9.40 Å². The van der Waals surface area contributed by atoms with Crippen LogP contribution in [-0.4, -0.2) is 25.2 Å². The van der Waals surface area contributed by atoms with Gasteiger partial charge in [-0.15, -0.1) is 22.7 Å². The fourth-order valence-corrected chi connectivity index (χ4v) is 3.63. The molecule has 4 nitrogen and oxygen atoms in total. The lowest BCUT2D eigenvalue weighted by atomic mass is 10.2. The zero-order valence-corrected chi connectivity index (χ0v) is 11.8. The summed E-state index contributed by atoms with van der Waals surface area (Å²) >= 11 is 2.75. The lowest BCUT2D eigenvalue weighted by molar-refractivity contribution is 0.0380. The fraction of sp³-hybridized carbons (Fsp3) is 0.333. The van der Waals surface area contributed by atoms with Crippen LogP contribution in [0.3, 0.4) is 0 Å². The number of thiophene rings is 2. The minimum absolute atomic E-state index is 0.161. The smallest absolute Gasteiger partial charge is 0.348 e. The van der Waals surface area contributed by atoms with Crippen molar-refractivity contribution in [3.05, 3.63) is 21.9 Å². The quantitative estimate of drug-likeness (QED) is 0.811. The third-order valence-corrected chi connectivity index (χ3v) is 4.46. The van der Waals surface area contributed by atoms with Crippen LogP contribution in [-0.2, 0) is 9.47 Å². The molecule has 18 heavy (non-hydrogen) atoms. The minimum Gasteiger partial charge on any atom is -0.465 e. The monoisotopic (exact) mass is 284 g/mol. The van der Waals surface area contributed by atoms with Crippen molar-refractivity contribution < 1.29 is 19.1 Å². The van der Waals surface area contributed by atoms with Crippen LogP contribution < -0.4 is 0 Å². The first-order valence-corrected chi connectivity index (χ1v) is 7.03. The number of fused-ring (bicyclic) bond motifs is 1. The SMILES string of the molecule is COC(=O)c1cc2c(C(=O)OC(C)C)csc2s1. The number of carbonyl (C=O) groups excluding carboxylic acids is 2. The molecule has 2 rings (SSSR count). The van der Waals surface area contributed by atoms with Gasteiger partial charge in [-0.3, -0.25) is 0 Å². The molecule has 0 aromatic carbocycles. The van der Waals surface area contributed by atoms with E-state index in [1.54, 1.807) is 25.3 Å². The number of hydrogen-bond donors (Lipinski definition) is 0. The lowest BCUT2D eigenvalue weighted by Gasteiger charge is -2.06. The Balaban J connectivity index is 2.38. The Labute approximate surface area is 112 Å². The van der Waals surface area contributed by atoms with Crippen LogP contribution in [0.15, 0.2) is 11.4 Å². The first kappa shape index (κ1) is 13.0. The Hall–Kier alpha value is -1.40. The molecule has 0 N–H and O–H groups in total. The molecule has 6 heteroatoms. The van der Waals surface area contributed by atoms with Gasteiger partial charge in [0.15, 0.2) is 0 Å². The molecule has 0 spiro atoms. The maximum atomic E-state index is 11.9. The van der Waals surface area contributed by atoms with Gasteiger partial charge in [-0.05, 0) is 19.9 Å². The van der Waals surface area contributed by atoms with Gasteiger partial charge in [0.05, 0.1) is 22.8 Å². The molecule has 2 aromatic rings. The van der Waals surface area contributed by atoms with Gasteiger partial charge >= 0.3 is 11.9 Å². The van der Waals surface area contributed by atoms with Gasteiger partial charge in [0, 0.05) is 10.8 Å². The molecular formula is C12H12O4S2. The molecule has 0 saturated heterocycles. The average molecular weight is 284 g/mol. The summed E-state index contributed by atoms with van der Waals surface area (Å²) in [6, 6.07) is 1.68. The maximum Gasteiger partial charge on any atom is 0.348 e. The lowest BCUT2D eigenvalue weighted by Crippen LogP contribution is -2.10. The highest BCUT2D eigenvalue weighted by molar-refractivity contribution is 7.38. The van der Waals surface area contributed by atoms with Crippen LogP contribution >= 0.6 is 22.7 Å². The molecule has 0 atom stereocenters. The van der Waals surface area contributed by atoms with Gasteiger partial charge in [-0.25, -0.2) is 9.59 Å². The number of carbonyl (C=O) groups is 2. The van der Waals surface area contributed by atoms with E-state index in [0.717, 1.165) is 9.40 Å². The number of methoxy groups -OCH3 is 1. The van der Waals surface area contributed by atoms with E-state index in [1.165, 1.54) is 29.8 Å². The molecule has 0 unspecified atom stereocenters. The predicted octanol–water partition coefficient (Wildman–Crippen LogP) is 3.31. The molecule has 0 fully saturated rings. The van der Waals surface area contributed by atoms with Gasteiger partial charge < -0.3 is 9.47 Å². The number of hydrogen-bond acceptors (Lipinski definition) is 6. The van der Waals surface area contributed by atoms with Gasteiger partial charge in [-0.2, -0.15) is 0 Å². The van der Waals surface area contributed by atoms with Crippen LogP contribution in [0, 0.1) is 0 Å². The summed E-state index contributed by atoms with van der Waals surface area (Å²) in [5, 5.41) is 2.52. The van der Waals surface area contributed by atoms with E-state index in [-0.39, 0.29) is 18.0 Å². The third-order valence-electron chi connectivity index (χ3n) is 2.22. The number of ether oxygens (including phenoxy) is 2. The zero-order chi connectivity index (χ0) is 13.3. The zero-order valence-electron chi connectivity index (χ0n) is 10.2. The van der Waals surface area contributed by atoms with E-state index in [2.05, 4.69) is 4.74 Å². The Bertz CT molecular complexity index is 594. The molecule has 0 radical (unpaired) electrons. The molecular weight excluding hydrogens is 272 g/mol. The Morgan fingerprint density at radius 2 is 2.00 bits per heavy atom. The summed E-state index contributed by atoms with van der Waals surface area (Å²) in [7, 11) is 1.34. The highest BCUT2D eigenvalue weighted by Gasteiger charge is 2.19. The second kappa shape index (κ2) is 5.07.